The zero-order chi connectivity index (χ0) is 34.0. The van der Waals surface area contributed by atoms with Crippen molar-refractivity contribution in [2.24, 2.45) is 20.8 Å². The van der Waals surface area contributed by atoms with Gasteiger partial charge in [-0.05, 0) is 89.8 Å². The van der Waals surface area contributed by atoms with Crippen molar-refractivity contribution in [3.63, 3.8) is 0 Å². The molecule has 0 unspecified atom stereocenters. The SMILES string of the molecule is Oc1ccc(C=Cc2c(CCc3ccc(CNC[C@]4(C5=NCN=C5)CCCCC45CCCC5)cc3)c(O)c(O)c3c(O)cccc23)cc1O. The summed E-state index contributed by atoms with van der Waals surface area (Å²) in [5.41, 5.74) is 5.76. The summed E-state index contributed by atoms with van der Waals surface area (Å²) in [6, 6.07) is 18.1. The number of phenols is 5. The van der Waals surface area contributed by atoms with Gasteiger partial charge in [0, 0.05) is 30.3 Å². The molecular weight excluding hydrogens is 614 g/mol. The molecule has 0 amide bonds. The van der Waals surface area contributed by atoms with Crippen molar-refractivity contribution >= 4 is 34.9 Å². The van der Waals surface area contributed by atoms with Gasteiger partial charge in [0.1, 0.15) is 12.4 Å². The Bertz CT molecular complexity index is 1940. The van der Waals surface area contributed by atoms with Gasteiger partial charge in [-0.15, -0.1) is 0 Å². The number of nitrogens with one attached hydrogen (secondary N) is 1. The van der Waals surface area contributed by atoms with Crippen LogP contribution >= 0.6 is 0 Å². The molecule has 2 fully saturated rings. The molecule has 8 heteroatoms. The largest absolute Gasteiger partial charge is 0.507 e. The third-order valence-electron chi connectivity index (χ3n) is 11.4. The molecule has 1 heterocycles. The van der Waals surface area contributed by atoms with Crippen LogP contribution in [0.3, 0.4) is 0 Å². The number of aryl methyl sites for hydroxylation is 1. The van der Waals surface area contributed by atoms with E-state index in [4.69, 9.17) is 4.99 Å². The van der Waals surface area contributed by atoms with E-state index in [1.165, 1.54) is 80.8 Å². The van der Waals surface area contributed by atoms with E-state index in [9.17, 15) is 25.5 Å². The Hall–Kier alpha value is -4.82. The molecule has 1 aliphatic heterocycles. The fourth-order valence-electron chi connectivity index (χ4n) is 8.85. The molecule has 0 saturated heterocycles. The molecule has 6 N–H and O–H groups in total. The topological polar surface area (TPSA) is 138 Å². The highest BCUT2D eigenvalue weighted by Crippen LogP contribution is 2.60. The molecule has 8 nitrogen and oxygen atoms in total. The van der Waals surface area contributed by atoms with Gasteiger partial charge in [-0.1, -0.05) is 80.3 Å². The Morgan fingerprint density at radius 3 is 2.16 bits per heavy atom. The molecule has 2 saturated carbocycles. The standard InChI is InChI=1S/C41H45N3O5/c45-33-17-14-28(22-35(33)47)13-15-30-31-6-5-7-34(46)37(31)39(49)38(48)32(30)16-12-27-8-10-29(11-9-27)23-42-25-41(36-24-43-26-44-36)21-4-3-20-40(41)18-1-2-19-40/h5-11,13-15,17,22,24,42,45-49H,1-4,12,16,18-21,23,25-26H2/t41-/m0/s1. The average molecular weight is 660 g/mol. The Labute approximate surface area is 287 Å². The molecule has 0 bridgehead atoms. The van der Waals surface area contributed by atoms with Crippen molar-refractivity contribution in [3.8, 4) is 28.7 Å². The van der Waals surface area contributed by atoms with E-state index in [0.29, 0.717) is 47.0 Å². The number of nitrogens with zero attached hydrogens (tertiary/aromatic N) is 2. The lowest BCUT2D eigenvalue weighted by atomic mass is 9.53. The number of aromatic hydroxyl groups is 5. The van der Waals surface area contributed by atoms with Crippen LogP contribution in [0.2, 0.25) is 0 Å². The van der Waals surface area contributed by atoms with E-state index in [1.54, 1.807) is 30.4 Å². The van der Waals surface area contributed by atoms with Gasteiger partial charge in [-0.2, -0.15) is 0 Å². The monoisotopic (exact) mass is 659 g/mol. The number of fused-ring (bicyclic) bond motifs is 1. The van der Waals surface area contributed by atoms with Gasteiger partial charge in [-0.3, -0.25) is 9.98 Å². The van der Waals surface area contributed by atoms with E-state index in [2.05, 4.69) is 40.8 Å². The van der Waals surface area contributed by atoms with E-state index < -0.39 is 0 Å². The van der Waals surface area contributed by atoms with Crippen molar-refractivity contribution in [2.45, 2.75) is 70.8 Å². The second-order valence-electron chi connectivity index (χ2n) is 14.1. The summed E-state index contributed by atoms with van der Waals surface area (Å²) in [4.78, 5) is 9.39. The highest BCUT2D eigenvalue weighted by atomic mass is 16.3. The predicted octanol–water partition coefficient (Wildman–Crippen LogP) is 8.02. The third-order valence-corrected chi connectivity index (χ3v) is 11.4. The van der Waals surface area contributed by atoms with Gasteiger partial charge in [0.05, 0.1) is 11.1 Å². The molecule has 3 aliphatic rings. The first-order valence-corrected chi connectivity index (χ1v) is 17.5. The maximum Gasteiger partial charge on any atom is 0.169 e. The van der Waals surface area contributed by atoms with E-state index in [-0.39, 0.29) is 39.5 Å². The van der Waals surface area contributed by atoms with Crippen LogP contribution in [-0.2, 0) is 19.4 Å². The van der Waals surface area contributed by atoms with Crippen LogP contribution in [0.25, 0.3) is 22.9 Å². The van der Waals surface area contributed by atoms with Gasteiger partial charge in [-0.25, -0.2) is 0 Å². The Morgan fingerprint density at radius 1 is 0.714 bits per heavy atom. The Balaban J connectivity index is 1.08. The van der Waals surface area contributed by atoms with Gasteiger partial charge in [0.2, 0.25) is 0 Å². The molecule has 254 valence electrons. The van der Waals surface area contributed by atoms with Crippen LogP contribution < -0.4 is 5.32 Å². The van der Waals surface area contributed by atoms with E-state index in [1.807, 2.05) is 0 Å². The number of phenolic OH excluding ortho intramolecular Hbond substituents is 5. The van der Waals surface area contributed by atoms with Crippen LogP contribution in [0, 0.1) is 10.8 Å². The minimum absolute atomic E-state index is 0.0563. The summed E-state index contributed by atoms with van der Waals surface area (Å²) < 4.78 is 0. The zero-order valence-electron chi connectivity index (χ0n) is 27.8. The normalized spacial score (nSPS) is 20.1. The maximum absolute atomic E-state index is 11.2. The number of benzene rings is 4. The van der Waals surface area contributed by atoms with Crippen LogP contribution in [0.5, 0.6) is 28.7 Å². The highest BCUT2D eigenvalue weighted by molar-refractivity contribution is 6.34. The van der Waals surface area contributed by atoms with Crippen LogP contribution in [-0.4, -0.2) is 50.7 Å². The predicted molar refractivity (Wildman–Crippen MR) is 196 cm³/mol. The van der Waals surface area contributed by atoms with Crippen molar-refractivity contribution < 1.29 is 25.5 Å². The zero-order valence-corrected chi connectivity index (χ0v) is 27.8. The number of rotatable bonds is 10. The fraction of sp³-hybridized carbons (Fsp3) is 0.366. The number of hydrogen-bond donors (Lipinski definition) is 6. The first-order chi connectivity index (χ1) is 23.8. The molecule has 2 aliphatic carbocycles. The summed E-state index contributed by atoms with van der Waals surface area (Å²) in [6.07, 6.45) is 16.9. The molecule has 49 heavy (non-hydrogen) atoms. The molecule has 0 aromatic heterocycles. The summed E-state index contributed by atoms with van der Waals surface area (Å²) in [7, 11) is 0. The lowest BCUT2D eigenvalue weighted by Gasteiger charge is -2.52. The molecule has 1 spiro atoms. The van der Waals surface area contributed by atoms with E-state index in [0.717, 1.165) is 18.7 Å². The van der Waals surface area contributed by atoms with Gasteiger partial charge >= 0.3 is 0 Å². The Kier molecular flexibility index (Phi) is 9.07. The second-order valence-corrected chi connectivity index (χ2v) is 14.1. The third kappa shape index (κ3) is 6.14. The van der Waals surface area contributed by atoms with Crippen molar-refractivity contribution in [1.82, 2.24) is 5.32 Å². The lowest BCUT2D eigenvalue weighted by molar-refractivity contribution is 0.0507. The Morgan fingerprint density at radius 2 is 1.45 bits per heavy atom. The smallest absolute Gasteiger partial charge is 0.169 e. The molecule has 4 aromatic carbocycles. The quantitative estimate of drug-likeness (QED) is 0.0754. The van der Waals surface area contributed by atoms with Crippen molar-refractivity contribution in [2.75, 3.05) is 13.2 Å². The number of aliphatic imine (C=N–C) groups is 2. The summed E-state index contributed by atoms with van der Waals surface area (Å²) in [6.45, 7) is 2.25. The fourth-order valence-corrected chi connectivity index (χ4v) is 8.85. The summed E-state index contributed by atoms with van der Waals surface area (Å²) in [5, 5.41) is 57.0. The molecule has 1 atom stereocenters. The minimum Gasteiger partial charge on any atom is -0.507 e. The maximum atomic E-state index is 11.2. The second kappa shape index (κ2) is 13.6. The van der Waals surface area contributed by atoms with Gasteiger partial charge in [0.15, 0.2) is 23.0 Å². The molecule has 0 radical (unpaired) electrons. The van der Waals surface area contributed by atoms with Gasteiger partial charge < -0.3 is 30.8 Å². The molecular formula is C41H45N3O5. The molecule has 7 rings (SSSR count). The van der Waals surface area contributed by atoms with Crippen LogP contribution in [0.1, 0.15) is 79.2 Å². The van der Waals surface area contributed by atoms with Gasteiger partial charge in [0.25, 0.3) is 0 Å². The van der Waals surface area contributed by atoms with Crippen LogP contribution in [0.15, 0.2) is 70.6 Å². The van der Waals surface area contributed by atoms with Crippen molar-refractivity contribution in [1.29, 1.82) is 0 Å². The van der Waals surface area contributed by atoms with E-state index >= 15 is 0 Å². The first kappa shape index (κ1) is 32.7. The average Bonchev–Trinajstić information content (AvgIpc) is 3.83. The first-order valence-electron chi connectivity index (χ1n) is 17.5. The number of hydrogen-bond acceptors (Lipinski definition) is 8. The summed E-state index contributed by atoms with van der Waals surface area (Å²) in [5.74, 6) is -1.20. The van der Waals surface area contributed by atoms with Crippen LogP contribution in [0.4, 0.5) is 0 Å². The lowest BCUT2D eigenvalue weighted by Crippen LogP contribution is -2.54. The molecule has 4 aromatic rings. The highest BCUT2D eigenvalue weighted by Gasteiger charge is 2.55. The van der Waals surface area contributed by atoms with Crippen molar-refractivity contribution in [3.05, 3.63) is 88.5 Å². The summed E-state index contributed by atoms with van der Waals surface area (Å²) >= 11 is 0. The minimum atomic E-state index is -0.353.